The molecule has 0 aromatic rings. The number of carbonyl (C=O) groups excluding carboxylic acids is 2. The Morgan fingerprint density at radius 1 is 0.562 bits per heavy atom. The first-order valence-corrected chi connectivity index (χ1v) is 20.5. The molecule has 48 heavy (non-hydrogen) atoms. The Balaban J connectivity index is 3.93. The van der Waals surface area contributed by atoms with E-state index in [2.05, 4.69) is 67.0 Å². The van der Waals surface area contributed by atoms with E-state index in [-0.39, 0.29) is 19.4 Å². The monoisotopic (exact) mass is 696 g/mol. The Bertz CT molecular complexity index is 921. The van der Waals surface area contributed by atoms with Crippen molar-refractivity contribution in [1.29, 1.82) is 0 Å². The third kappa shape index (κ3) is 36.8. The number of allylic oxidation sites excluding steroid dienone is 8. The summed E-state index contributed by atoms with van der Waals surface area (Å²) in [4.78, 5) is 42.6. The van der Waals surface area contributed by atoms with E-state index in [1.807, 2.05) is 0 Å². The average molecular weight is 697 g/mol. The molecule has 0 heterocycles. The molecule has 0 spiro atoms. The van der Waals surface area contributed by atoms with Gasteiger partial charge in [0, 0.05) is 12.8 Å². The summed E-state index contributed by atoms with van der Waals surface area (Å²) in [5, 5.41) is 0. The molecule has 0 radical (unpaired) electrons. The number of rotatable bonds is 34. The van der Waals surface area contributed by atoms with Gasteiger partial charge in [-0.05, 0) is 51.4 Å². The van der Waals surface area contributed by atoms with Crippen LogP contribution in [0.25, 0.3) is 0 Å². The predicted molar refractivity (Wildman–Crippen MR) is 198 cm³/mol. The lowest BCUT2D eigenvalue weighted by molar-refractivity contribution is -0.161. The molecular weight excluding hydrogens is 627 g/mol. The molecule has 0 rings (SSSR count). The van der Waals surface area contributed by atoms with Crippen molar-refractivity contribution < 1.29 is 37.9 Å². The van der Waals surface area contributed by atoms with Gasteiger partial charge < -0.3 is 19.3 Å². The summed E-state index contributed by atoms with van der Waals surface area (Å²) in [6.07, 6.45) is 41.2. The van der Waals surface area contributed by atoms with Crippen molar-refractivity contribution in [2.24, 2.45) is 0 Å². The Morgan fingerprint density at radius 3 is 1.50 bits per heavy atom. The molecule has 0 saturated heterocycles. The predicted octanol–water partition coefficient (Wildman–Crippen LogP) is 11.2. The van der Waals surface area contributed by atoms with Crippen LogP contribution in [0, 0.1) is 0 Å². The summed E-state index contributed by atoms with van der Waals surface area (Å²) >= 11 is 0. The van der Waals surface area contributed by atoms with Crippen LogP contribution in [-0.4, -0.2) is 41.0 Å². The topological polar surface area (TPSA) is 119 Å². The second-order valence-corrected chi connectivity index (χ2v) is 13.8. The molecular formula is C39H69O8P. The van der Waals surface area contributed by atoms with Crippen LogP contribution in [0.4, 0.5) is 0 Å². The standard InChI is InChI=1S/C39H69O8P/c1-3-5-7-9-11-13-14-15-16-17-18-19-20-21-22-23-24-26-28-30-32-34-39(41)47-37(36-46-48(42,43)44)35-45-38(40)33-31-29-27-25-12-10-8-6-4-2/h5,7,11,13,15-16,18-19,37H,3-4,6,8-10,12,14,17,20-36H2,1-2H3,(H2,42,43,44)/b7-5-,13-11-,16-15-,19-18-. The minimum absolute atomic E-state index is 0.202. The fraction of sp³-hybridized carbons (Fsp3) is 0.744. The van der Waals surface area contributed by atoms with Crippen LogP contribution in [0.1, 0.15) is 168 Å². The van der Waals surface area contributed by atoms with Gasteiger partial charge in [0.1, 0.15) is 6.61 Å². The maximum Gasteiger partial charge on any atom is 0.469 e. The highest BCUT2D eigenvalue weighted by Gasteiger charge is 2.22. The molecule has 0 bridgehead atoms. The van der Waals surface area contributed by atoms with Crippen molar-refractivity contribution in [2.75, 3.05) is 13.2 Å². The molecule has 0 aromatic carbocycles. The highest BCUT2D eigenvalue weighted by molar-refractivity contribution is 7.46. The molecule has 278 valence electrons. The molecule has 1 unspecified atom stereocenters. The van der Waals surface area contributed by atoms with Crippen molar-refractivity contribution >= 4 is 19.8 Å². The summed E-state index contributed by atoms with van der Waals surface area (Å²) in [5.74, 6) is -0.898. The van der Waals surface area contributed by atoms with Gasteiger partial charge in [0.05, 0.1) is 6.61 Å². The van der Waals surface area contributed by atoms with E-state index in [9.17, 15) is 14.2 Å². The number of hydrogen-bond donors (Lipinski definition) is 2. The van der Waals surface area contributed by atoms with E-state index in [1.165, 1.54) is 64.2 Å². The fourth-order valence-electron chi connectivity index (χ4n) is 5.07. The largest absolute Gasteiger partial charge is 0.469 e. The van der Waals surface area contributed by atoms with Gasteiger partial charge in [0.15, 0.2) is 6.10 Å². The van der Waals surface area contributed by atoms with E-state index < -0.39 is 32.5 Å². The van der Waals surface area contributed by atoms with Gasteiger partial charge in [-0.2, -0.15) is 0 Å². The Labute approximate surface area is 293 Å². The Morgan fingerprint density at radius 2 is 1.00 bits per heavy atom. The molecule has 0 saturated carbocycles. The number of hydrogen-bond acceptors (Lipinski definition) is 6. The first-order chi connectivity index (χ1) is 23.3. The maximum atomic E-state index is 12.4. The summed E-state index contributed by atoms with van der Waals surface area (Å²) in [6, 6.07) is 0. The van der Waals surface area contributed by atoms with E-state index in [1.54, 1.807) is 0 Å². The van der Waals surface area contributed by atoms with Crippen LogP contribution in [0.5, 0.6) is 0 Å². The lowest BCUT2D eigenvalue weighted by Gasteiger charge is -2.18. The molecule has 0 aliphatic rings. The molecule has 1 atom stereocenters. The third-order valence-corrected chi connectivity index (χ3v) is 8.35. The molecule has 0 amide bonds. The van der Waals surface area contributed by atoms with Gasteiger partial charge in [0.25, 0.3) is 0 Å². The van der Waals surface area contributed by atoms with Crippen LogP contribution in [0.3, 0.4) is 0 Å². The molecule has 9 heteroatoms. The van der Waals surface area contributed by atoms with Gasteiger partial charge >= 0.3 is 19.8 Å². The highest BCUT2D eigenvalue weighted by atomic mass is 31.2. The number of ether oxygens (including phenoxy) is 2. The molecule has 0 aliphatic carbocycles. The maximum absolute atomic E-state index is 12.4. The lowest BCUT2D eigenvalue weighted by atomic mass is 10.1. The summed E-state index contributed by atoms with van der Waals surface area (Å²) in [7, 11) is -4.75. The van der Waals surface area contributed by atoms with Crippen LogP contribution >= 0.6 is 7.82 Å². The number of esters is 2. The third-order valence-electron chi connectivity index (χ3n) is 7.86. The number of carbonyl (C=O) groups is 2. The van der Waals surface area contributed by atoms with Crippen molar-refractivity contribution in [3.63, 3.8) is 0 Å². The van der Waals surface area contributed by atoms with E-state index in [0.29, 0.717) is 6.42 Å². The first-order valence-electron chi connectivity index (χ1n) is 18.9. The number of phosphoric acid groups is 1. The summed E-state index contributed by atoms with van der Waals surface area (Å²) < 4.78 is 26.2. The van der Waals surface area contributed by atoms with Crippen LogP contribution in [0.15, 0.2) is 48.6 Å². The van der Waals surface area contributed by atoms with Gasteiger partial charge in [-0.1, -0.05) is 152 Å². The van der Waals surface area contributed by atoms with Crippen LogP contribution in [0.2, 0.25) is 0 Å². The van der Waals surface area contributed by atoms with Gasteiger partial charge in [-0.25, -0.2) is 4.57 Å². The van der Waals surface area contributed by atoms with Crippen LogP contribution in [-0.2, 0) is 28.2 Å². The quantitative estimate of drug-likeness (QED) is 0.0295. The zero-order chi connectivity index (χ0) is 35.4. The average Bonchev–Trinajstić information content (AvgIpc) is 3.05. The summed E-state index contributed by atoms with van der Waals surface area (Å²) in [5.41, 5.74) is 0. The minimum Gasteiger partial charge on any atom is -0.462 e. The van der Waals surface area contributed by atoms with E-state index in [0.717, 1.165) is 70.6 Å². The molecule has 0 aromatic heterocycles. The second-order valence-electron chi connectivity index (χ2n) is 12.5. The van der Waals surface area contributed by atoms with E-state index in [4.69, 9.17) is 19.3 Å². The van der Waals surface area contributed by atoms with Crippen molar-refractivity contribution in [3.05, 3.63) is 48.6 Å². The molecule has 0 fully saturated rings. The van der Waals surface area contributed by atoms with Gasteiger partial charge in [-0.3, -0.25) is 14.1 Å². The fourth-order valence-corrected chi connectivity index (χ4v) is 5.43. The number of unbranched alkanes of at least 4 members (excludes halogenated alkanes) is 16. The Hall–Kier alpha value is -1.99. The zero-order valence-electron chi connectivity index (χ0n) is 30.4. The molecule has 2 N–H and O–H groups in total. The summed E-state index contributed by atoms with van der Waals surface area (Å²) in [6.45, 7) is 3.53. The molecule has 8 nitrogen and oxygen atoms in total. The lowest BCUT2D eigenvalue weighted by Crippen LogP contribution is -2.29. The smallest absolute Gasteiger partial charge is 0.462 e. The minimum atomic E-state index is -4.75. The first kappa shape index (κ1) is 46.0. The second kappa shape index (κ2) is 34.9. The Kier molecular flexibility index (Phi) is 33.4. The van der Waals surface area contributed by atoms with Crippen molar-refractivity contribution in [1.82, 2.24) is 0 Å². The van der Waals surface area contributed by atoms with Crippen molar-refractivity contribution in [2.45, 2.75) is 174 Å². The number of phosphoric ester groups is 1. The van der Waals surface area contributed by atoms with Gasteiger partial charge in [-0.15, -0.1) is 0 Å². The van der Waals surface area contributed by atoms with Crippen molar-refractivity contribution in [3.8, 4) is 0 Å². The molecule has 0 aliphatic heterocycles. The zero-order valence-corrected chi connectivity index (χ0v) is 31.3. The van der Waals surface area contributed by atoms with Crippen LogP contribution < -0.4 is 0 Å². The normalized spacial score (nSPS) is 13.0. The SMILES string of the molecule is CC/C=C\C/C=C\C/C=C\C/C=C\CCCCCCCCCCC(=O)OC(COC(=O)CCCCCCCCCCC)COP(=O)(O)O. The van der Waals surface area contributed by atoms with Gasteiger partial charge in [0.2, 0.25) is 0 Å². The van der Waals surface area contributed by atoms with E-state index >= 15 is 0 Å². The highest BCUT2D eigenvalue weighted by Crippen LogP contribution is 2.36.